The van der Waals surface area contributed by atoms with Gasteiger partial charge in [-0.05, 0) is 48.8 Å². The lowest BCUT2D eigenvalue weighted by atomic mass is 9.72. The highest BCUT2D eigenvalue weighted by Gasteiger charge is 2.40. The van der Waals surface area contributed by atoms with Crippen LogP contribution in [0.3, 0.4) is 0 Å². The van der Waals surface area contributed by atoms with Crippen molar-refractivity contribution in [2.75, 3.05) is 6.54 Å². The van der Waals surface area contributed by atoms with Gasteiger partial charge < -0.3 is 9.32 Å². The van der Waals surface area contributed by atoms with Gasteiger partial charge in [0.25, 0.3) is 5.91 Å². The highest BCUT2D eigenvalue weighted by Crippen LogP contribution is 2.39. The Hall–Kier alpha value is -0.960. The molecule has 1 aromatic rings. The summed E-state index contributed by atoms with van der Waals surface area (Å²) in [4.78, 5) is 14.7. The van der Waals surface area contributed by atoms with Gasteiger partial charge in [-0.2, -0.15) is 0 Å². The van der Waals surface area contributed by atoms with E-state index in [1.165, 1.54) is 25.5 Å². The predicted molar refractivity (Wildman–Crippen MR) is 74.3 cm³/mol. The van der Waals surface area contributed by atoms with Gasteiger partial charge in [-0.25, -0.2) is 0 Å². The van der Waals surface area contributed by atoms with Crippen LogP contribution in [-0.4, -0.2) is 23.4 Å². The summed E-state index contributed by atoms with van der Waals surface area (Å²) in [6.45, 7) is 3.18. The first-order valence-electron chi connectivity index (χ1n) is 7.22. The third-order valence-corrected chi connectivity index (χ3v) is 5.14. The molecule has 0 bridgehead atoms. The molecule has 1 aliphatic heterocycles. The fourth-order valence-corrected chi connectivity index (χ4v) is 3.96. The summed E-state index contributed by atoms with van der Waals surface area (Å²) in [6.07, 6.45) is 7.52. The lowest BCUT2D eigenvalue weighted by Crippen LogP contribution is -2.52. The summed E-state index contributed by atoms with van der Waals surface area (Å²) in [5.41, 5.74) is 0.514. The fraction of sp³-hybridized carbons (Fsp3) is 0.667. The van der Waals surface area contributed by atoms with Crippen LogP contribution < -0.4 is 0 Å². The van der Waals surface area contributed by atoms with Crippen molar-refractivity contribution in [1.29, 1.82) is 0 Å². The highest BCUT2D eigenvalue weighted by atomic mass is 35.5. The molecule has 1 aromatic heterocycles. The van der Waals surface area contributed by atoms with Crippen LogP contribution in [0.5, 0.6) is 0 Å². The van der Waals surface area contributed by atoms with E-state index in [2.05, 4.69) is 6.92 Å². The van der Waals surface area contributed by atoms with E-state index in [4.69, 9.17) is 16.0 Å². The molecule has 1 aliphatic carbocycles. The molecule has 1 amide bonds. The summed E-state index contributed by atoms with van der Waals surface area (Å²) >= 11 is 5.94. The van der Waals surface area contributed by atoms with Crippen LogP contribution in [0.1, 0.15) is 49.4 Å². The van der Waals surface area contributed by atoms with Crippen molar-refractivity contribution in [3.05, 3.63) is 23.1 Å². The Labute approximate surface area is 118 Å². The van der Waals surface area contributed by atoms with E-state index in [9.17, 15) is 4.79 Å². The van der Waals surface area contributed by atoms with E-state index in [0.717, 1.165) is 25.3 Å². The first-order chi connectivity index (χ1) is 9.18. The number of carbonyl (C=O) groups excluding carboxylic acids is 1. The summed E-state index contributed by atoms with van der Waals surface area (Å²) in [7, 11) is 0. The maximum Gasteiger partial charge on any atom is 0.258 e. The monoisotopic (exact) mass is 281 g/mol. The average molecular weight is 282 g/mol. The second-order valence-corrected chi connectivity index (χ2v) is 6.23. The summed E-state index contributed by atoms with van der Waals surface area (Å²) in [5, 5.41) is 0.219. The zero-order valence-electron chi connectivity index (χ0n) is 11.3. The van der Waals surface area contributed by atoms with Gasteiger partial charge in [0.05, 0.1) is 11.8 Å². The largest absolute Gasteiger partial charge is 0.452 e. The molecule has 104 valence electrons. The molecular formula is C15H20ClNO2. The highest BCUT2D eigenvalue weighted by molar-refractivity contribution is 6.32. The Morgan fingerprint density at radius 3 is 2.89 bits per heavy atom. The maximum atomic E-state index is 12.6. The summed E-state index contributed by atoms with van der Waals surface area (Å²) in [6, 6.07) is 2.08. The molecule has 2 heterocycles. The maximum absolute atomic E-state index is 12.6. The zero-order chi connectivity index (χ0) is 13.4. The number of carbonyl (C=O) groups is 1. The number of hydrogen-bond donors (Lipinski definition) is 0. The number of hydrogen-bond acceptors (Lipinski definition) is 2. The van der Waals surface area contributed by atoms with Crippen LogP contribution >= 0.6 is 11.6 Å². The number of rotatable bonds is 1. The van der Waals surface area contributed by atoms with Crippen molar-refractivity contribution < 1.29 is 9.21 Å². The molecule has 3 unspecified atom stereocenters. The molecule has 19 heavy (non-hydrogen) atoms. The van der Waals surface area contributed by atoms with Crippen molar-refractivity contribution in [3.8, 4) is 0 Å². The quantitative estimate of drug-likeness (QED) is 0.780. The van der Waals surface area contributed by atoms with Crippen LogP contribution in [0, 0.1) is 11.8 Å². The number of amides is 1. The third-order valence-electron chi connectivity index (χ3n) is 4.85. The van der Waals surface area contributed by atoms with Gasteiger partial charge in [0.2, 0.25) is 5.22 Å². The van der Waals surface area contributed by atoms with Gasteiger partial charge in [0.15, 0.2) is 0 Å². The first-order valence-corrected chi connectivity index (χ1v) is 7.60. The molecule has 3 atom stereocenters. The second-order valence-electron chi connectivity index (χ2n) is 5.89. The lowest BCUT2D eigenvalue weighted by Gasteiger charge is -2.47. The number of furan rings is 1. The Bertz CT molecular complexity index is 470. The van der Waals surface area contributed by atoms with E-state index in [1.54, 1.807) is 6.07 Å². The first kappa shape index (κ1) is 13.0. The number of halogens is 1. The smallest absolute Gasteiger partial charge is 0.258 e. The van der Waals surface area contributed by atoms with E-state index in [-0.39, 0.29) is 11.1 Å². The van der Waals surface area contributed by atoms with Crippen molar-refractivity contribution in [3.63, 3.8) is 0 Å². The minimum Gasteiger partial charge on any atom is -0.452 e. The molecule has 0 radical (unpaired) electrons. The van der Waals surface area contributed by atoms with E-state index < -0.39 is 0 Å². The van der Waals surface area contributed by atoms with Gasteiger partial charge in [0.1, 0.15) is 0 Å². The lowest BCUT2D eigenvalue weighted by molar-refractivity contribution is 0.0217. The summed E-state index contributed by atoms with van der Waals surface area (Å²) in [5.74, 6) is 1.44. The Morgan fingerprint density at radius 2 is 2.16 bits per heavy atom. The molecule has 2 fully saturated rings. The molecule has 4 heteroatoms. The van der Waals surface area contributed by atoms with Crippen molar-refractivity contribution in [2.45, 2.75) is 45.1 Å². The summed E-state index contributed by atoms with van der Waals surface area (Å²) < 4.78 is 5.05. The third kappa shape index (κ3) is 2.29. The Kier molecular flexibility index (Phi) is 3.57. The molecule has 1 saturated heterocycles. The fourth-order valence-electron chi connectivity index (χ4n) is 3.77. The van der Waals surface area contributed by atoms with E-state index in [0.29, 0.717) is 17.5 Å². The van der Waals surface area contributed by atoms with Crippen molar-refractivity contribution >= 4 is 17.5 Å². The van der Waals surface area contributed by atoms with Crippen LogP contribution in [0.2, 0.25) is 5.22 Å². The topological polar surface area (TPSA) is 33.5 Å². The van der Waals surface area contributed by atoms with Crippen molar-refractivity contribution in [2.24, 2.45) is 11.8 Å². The zero-order valence-corrected chi connectivity index (χ0v) is 12.0. The Morgan fingerprint density at radius 1 is 1.37 bits per heavy atom. The van der Waals surface area contributed by atoms with Crippen LogP contribution in [0.25, 0.3) is 0 Å². The van der Waals surface area contributed by atoms with Gasteiger partial charge in [-0.15, -0.1) is 0 Å². The molecule has 1 saturated carbocycles. The predicted octanol–water partition coefficient (Wildman–Crippen LogP) is 3.97. The van der Waals surface area contributed by atoms with Crippen LogP contribution in [0.15, 0.2) is 16.7 Å². The molecular weight excluding hydrogens is 262 g/mol. The molecule has 0 aromatic carbocycles. The molecule has 2 aliphatic rings. The minimum atomic E-state index is 0.0440. The number of fused-ring (bicyclic) bond motifs is 1. The Balaban J connectivity index is 1.84. The number of piperidine rings is 1. The van der Waals surface area contributed by atoms with Crippen molar-refractivity contribution in [1.82, 2.24) is 4.90 Å². The van der Waals surface area contributed by atoms with Crippen LogP contribution in [-0.2, 0) is 0 Å². The molecule has 0 spiro atoms. The van der Waals surface area contributed by atoms with Gasteiger partial charge in [-0.3, -0.25) is 4.79 Å². The standard InChI is InChI=1S/C15H20ClNO2/c1-10-6-8-17(13-5-3-2-4-11(10)13)15(18)12-7-9-19-14(12)16/h7,9-11,13H,2-6,8H2,1H3. The average Bonchev–Trinajstić information content (AvgIpc) is 2.85. The minimum absolute atomic E-state index is 0.0440. The molecule has 0 N–H and O–H groups in total. The number of nitrogens with zero attached hydrogens (tertiary/aromatic N) is 1. The normalized spacial score (nSPS) is 31.1. The van der Waals surface area contributed by atoms with Crippen LogP contribution in [0.4, 0.5) is 0 Å². The SMILES string of the molecule is CC1CCN(C(=O)c2ccoc2Cl)C2CCCCC12. The second kappa shape index (κ2) is 5.20. The van der Waals surface area contributed by atoms with Gasteiger partial charge in [-0.1, -0.05) is 19.8 Å². The van der Waals surface area contributed by atoms with Gasteiger partial charge >= 0.3 is 0 Å². The van der Waals surface area contributed by atoms with Gasteiger partial charge in [0, 0.05) is 12.6 Å². The van der Waals surface area contributed by atoms with E-state index in [1.807, 2.05) is 4.90 Å². The molecule has 3 nitrogen and oxygen atoms in total. The molecule has 3 rings (SSSR count). The van der Waals surface area contributed by atoms with E-state index >= 15 is 0 Å². The number of likely N-dealkylation sites (tertiary alicyclic amines) is 1.